The Morgan fingerprint density at radius 3 is 2.42 bits per heavy atom. The van der Waals surface area contributed by atoms with Crippen molar-refractivity contribution < 1.29 is 23.1 Å². The Kier molecular flexibility index (Phi) is 6.92. The van der Waals surface area contributed by atoms with Gasteiger partial charge < -0.3 is 20.7 Å². The monoisotopic (exact) mass is 341 g/mol. The molecule has 0 bridgehead atoms. The van der Waals surface area contributed by atoms with Crippen LogP contribution in [-0.4, -0.2) is 44.3 Å². The zero-order chi connectivity index (χ0) is 17.4. The third-order valence-electron chi connectivity index (χ3n) is 3.66. The van der Waals surface area contributed by atoms with Crippen LogP contribution >= 0.6 is 0 Å². The van der Waals surface area contributed by atoms with Crippen LogP contribution in [0, 0.1) is 11.6 Å². The first kappa shape index (κ1) is 18.1. The van der Waals surface area contributed by atoms with Gasteiger partial charge in [0, 0.05) is 26.2 Å². The van der Waals surface area contributed by atoms with Gasteiger partial charge in [0.25, 0.3) is 5.91 Å². The fraction of sp³-hybridized carbons (Fsp3) is 0.500. The van der Waals surface area contributed by atoms with E-state index in [1.807, 2.05) is 0 Å². The third-order valence-corrected chi connectivity index (χ3v) is 3.66. The molecule has 6 nitrogen and oxygen atoms in total. The first-order valence-corrected chi connectivity index (χ1v) is 7.93. The van der Waals surface area contributed by atoms with E-state index < -0.39 is 23.1 Å². The van der Waals surface area contributed by atoms with Crippen LogP contribution in [0.1, 0.15) is 29.6 Å². The second-order valence-corrected chi connectivity index (χ2v) is 5.46. The van der Waals surface area contributed by atoms with E-state index in [1.54, 1.807) is 0 Å². The van der Waals surface area contributed by atoms with Crippen molar-refractivity contribution in [2.75, 3.05) is 26.2 Å². The summed E-state index contributed by atoms with van der Waals surface area (Å²) in [7, 11) is 0. The highest BCUT2D eigenvalue weighted by molar-refractivity contribution is 5.94. The second kappa shape index (κ2) is 9.17. The summed E-state index contributed by atoms with van der Waals surface area (Å²) in [6.45, 7) is 1.49. The van der Waals surface area contributed by atoms with Gasteiger partial charge in [0.2, 0.25) is 0 Å². The lowest BCUT2D eigenvalue weighted by Gasteiger charge is -2.11. The Morgan fingerprint density at radius 2 is 1.75 bits per heavy atom. The van der Waals surface area contributed by atoms with Crippen LogP contribution < -0.4 is 16.0 Å². The predicted octanol–water partition coefficient (Wildman–Crippen LogP) is 1.56. The zero-order valence-corrected chi connectivity index (χ0v) is 13.2. The maximum Gasteiger partial charge on any atom is 0.314 e. The molecule has 0 spiro atoms. The second-order valence-electron chi connectivity index (χ2n) is 5.46. The molecular weight excluding hydrogens is 320 g/mol. The Labute approximate surface area is 138 Å². The number of halogens is 2. The standard InChI is InChI=1S/C16H21F2N3O3/c17-12-4-1-5-13(18)14(12)15(22)19-8-9-21-16(23)20-7-6-11-3-2-10-24-11/h1,4-5,11H,2-3,6-10H2,(H,19,22)(H2,20,21,23)/t11-/m0/s1. The highest BCUT2D eigenvalue weighted by Gasteiger charge is 2.17. The van der Waals surface area contributed by atoms with E-state index in [0.29, 0.717) is 6.54 Å². The fourth-order valence-electron chi connectivity index (χ4n) is 2.44. The van der Waals surface area contributed by atoms with E-state index in [4.69, 9.17) is 4.74 Å². The molecule has 0 unspecified atom stereocenters. The Morgan fingerprint density at radius 1 is 1.08 bits per heavy atom. The molecular formula is C16H21F2N3O3. The summed E-state index contributed by atoms with van der Waals surface area (Å²) in [6, 6.07) is 2.85. The molecule has 1 aromatic rings. The number of urea groups is 1. The van der Waals surface area contributed by atoms with Crippen molar-refractivity contribution in [3.63, 3.8) is 0 Å². The minimum Gasteiger partial charge on any atom is -0.378 e. The summed E-state index contributed by atoms with van der Waals surface area (Å²) in [5, 5.41) is 7.59. The normalized spacial score (nSPS) is 16.7. The summed E-state index contributed by atoms with van der Waals surface area (Å²) in [6.07, 6.45) is 3.04. The molecule has 1 fully saturated rings. The first-order valence-electron chi connectivity index (χ1n) is 7.93. The summed E-state index contributed by atoms with van der Waals surface area (Å²) in [5.74, 6) is -2.70. The van der Waals surface area contributed by atoms with E-state index in [-0.39, 0.29) is 25.2 Å². The largest absolute Gasteiger partial charge is 0.378 e. The van der Waals surface area contributed by atoms with Gasteiger partial charge in [0.1, 0.15) is 17.2 Å². The number of carbonyl (C=O) groups excluding carboxylic acids is 2. The zero-order valence-electron chi connectivity index (χ0n) is 13.2. The van der Waals surface area contributed by atoms with Gasteiger partial charge in [0.05, 0.1) is 6.10 Å². The van der Waals surface area contributed by atoms with Crippen molar-refractivity contribution in [1.82, 2.24) is 16.0 Å². The van der Waals surface area contributed by atoms with Crippen molar-refractivity contribution in [3.8, 4) is 0 Å². The van der Waals surface area contributed by atoms with Crippen LogP contribution in [-0.2, 0) is 4.74 Å². The van der Waals surface area contributed by atoms with Crippen LogP contribution in [0.15, 0.2) is 18.2 Å². The summed E-state index contributed by atoms with van der Waals surface area (Å²) < 4.78 is 32.3. The summed E-state index contributed by atoms with van der Waals surface area (Å²) in [4.78, 5) is 23.3. The maximum atomic E-state index is 13.4. The molecule has 3 N–H and O–H groups in total. The lowest BCUT2D eigenvalue weighted by molar-refractivity contribution is 0.0945. The van der Waals surface area contributed by atoms with Crippen LogP contribution in [0.25, 0.3) is 0 Å². The van der Waals surface area contributed by atoms with Gasteiger partial charge in [-0.25, -0.2) is 13.6 Å². The Hall–Kier alpha value is -2.22. The molecule has 2 rings (SSSR count). The molecule has 24 heavy (non-hydrogen) atoms. The molecule has 3 amide bonds. The number of nitrogens with one attached hydrogen (secondary N) is 3. The highest BCUT2D eigenvalue weighted by Crippen LogP contribution is 2.14. The van der Waals surface area contributed by atoms with Crippen molar-refractivity contribution >= 4 is 11.9 Å². The van der Waals surface area contributed by atoms with Crippen molar-refractivity contribution in [3.05, 3.63) is 35.4 Å². The average Bonchev–Trinajstić information content (AvgIpc) is 3.05. The Balaban J connectivity index is 1.60. The number of amides is 3. The SMILES string of the molecule is O=C(NCCNC(=O)c1c(F)cccc1F)NCC[C@@H]1CCCO1. The van der Waals surface area contributed by atoms with Crippen molar-refractivity contribution in [2.45, 2.75) is 25.4 Å². The highest BCUT2D eigenvalue weighted by atomic mass is 19.1. The molecule has 1 aliphatic heterocycles. The molecule has 1 heterocycles. The van der Waals surface area contributed by atoms with Crippen molar-refractivity contribution in [2.24, 2.45) is 0 Å². The quantitative estimate of drug-likeness (QED) is 0.659. The topological polar surface area (TPSA) is 79.5 Å². The van der Waals surface area contributed by atoms with Crippen molar-refractivity contribution in [1.29, 1.82) is 0 Å². The van der Waals surface area contributed by atoms with Crippen LogP contribution in [0.5, 0.6) is 0 Å². The molecule has 1 saturated heterocycles. The van der Waals surface area contributed by atoms with E-state index >= 15 is 0 Å². The number of ether oxygens (including phenoxy) is 1. The van der Waals surface area contributed by atoms with Gasteiger partial charge in [-0.05, 0) is 31.4 Å². The van der Waals surface area contributed by atoms with Crippen LogP contribution in [0.3, 0.4) is 0 Å². The van der Waals surface area contributed by atoms with Gasteiger partial charge in [0.15, 0.2) is 0 Å². The minimum atomic E-state index is -0.924. The molecule has 8 heteroatoms. The average molecular weight is 341 g/mol. The van der Waals surface area contributed by atoms with Crippen LogP contribution in [0.2, 0.25) is 0 Å². The number of rotatable bonds is 7. The molecule has 0 saturated carbocycles. The minimum absolute atomic E-state index is 0.0613. The van der Waals surface area contributed by atoms with Gasteiger partial charge in [-0.3, -0.25) is 4.79 Å². The van der Waals surface area contributed by atoms with Crippen LogP contribution in [0.4, 0.5) is 13.6 Å². The molecule has 1 aliphatic rings. The molecule has 1 aromatic carbocycles. The first-order chi connectivity index (χ1) is 11.6. The summed E-state index contributed by atoms with van der Waals surface area (Å²) >= 11 is 0. The molecule has 1 atom stereocenters. The van der Waals surface area contributed by atoms with Gasteiger partial charge in [-0.1, -0.05) is 6.07 Å². The molecule has 0 aromatic heterocycles. The summed E-state index contributed by atoms with van der Waals surface area (Å²) in [5.41, 5.74) is -0.626. The number of hydrogen-bond acceptors (Lipinski definition) is 3. The van der Waals surface area contributed by atoms with E-state index in [2.05, 4.69) is 16.0 Å². The Bertz CT molecular complexity index is 557. The number of carbonyl (C=O) groups is 2. The van der Waals surface area contributed by atoms with Gasteiger partial charge >= 0.3 is 6.03 Å². The smallest absolute Gasteiger partial charge is 0.314 e. The third kappa shape index (κ3) is 5.45. The fourth-order valence-corrected chi connectivity index (χ4v) is 2.44. The lowest BCUT2D eigenvalue weighted by atomic mass is 10.2. The van der Waals surface area contributed by atoms with E-state index in [9.17, 15) is 18.4 Å². The van der Waals surface area contributed by atoms with E-state index in [0.717, 1.165) is 38.0 Å². The lowest BCUT2D eigenvalue weighted by Crippen LogP contribution is -2.41. The number of hydrogen-bond donors (Lipinski definition) is 3. The van der Waals surface area contributed by atoms with E-state index in [1.165, 1.54) is 6.07 Å². The maximum absolute atomic E-state index is 13.4. The molecule has 0 aliphatic carbocycles. The molecule has 132 valence electrons. The number of benzene rings is 1. The van der Waals surface area contributed by atoms with Gasteiger partial charge in [-0.15, -0.1) is 0 Å². The predicted molar refractivity (Wildman–Crippen MR) is 83.7 cm³/mol. The van der Waals surface area contributed by atoms with Gasteiger partial charge in [-0.2, -0.15) is 0 Å². The molecule has 0 radical (unpaired) electrons.